The number of anilines is 1. The maximum Gasteiger partial charge on any atom is 0.238 e. The predicted octanol–water partition coefficient (Wildman–Crippen LogP) is 16.5. The van der Waals surface area contributed by atoms with Crippen molar-refractivity contribution in [1.82, 2.24) is 0 Å². The Balaban J connectivity index is 1.78. The number of benzene rings is 4. The van der Waals surface area contributed by atoms with Gasteiger partial charge in [0.15, 0.2) is 0 Å². The Morgan fingerprint density at radius 3 is 1.37 bits per heavy atom. The van der Waals surface area contributed by atoms with Crippen LogP contribution in [0.25, 0.3) is 11.1 Å². The maximum absolute atomic E-state index is 15.8. The first-order valence-corrected chi connectivity index (χ1v) is 32.5. The maximum atomic E-state index is 15.8. The number of nitrogens with zero attached hydrogens (tertiary/aromatic N) is 1. The molecule has 0 saturated heterocycles. The Bertz CT molecular complexity index is 1780. The standard InChI is InChI=1S/C49H73F4NP2SSi2/c1-8-14-35-58(36-15-9-2,37-16-10-3)43-31-27-41(28-32-43)45-23-22-25-47(49(45)57(51,52)53)55-56(48-26-21-20-24-46(48)50)54(7)42-29-33-44(34-30-42)59(38-17-11-4,39-18-12-5)40-19-13-6/h20-34,55H,8-19,35-40H2,1-7H3. The third kappa shape index (κ3) is 13.3. The van der Waals surface area contributed by atoms with E-state index in [4.69, 9.17) is 0 Å². The van der Waals surface area contributed by atoms with Crippen molar-refractivity contribution in [3.05, 3.63) is 96.8 Å². The molecule has 0 aromatic heterocycles. The van der Waals surface area contributed by atoms with Gasteiger partial charge < -0.3 is 4.67 Å². The van der Waals surface area contributed by atoms with Crippen molar-refractivity contribution in [3.63, 3.8) is 0 Å². The zero-order valence-corrected chi connectivity index (χ0v) is 41.9. The fourth-order valence-corrected chi connectivity index (χ4v) is 26.7. The molecule has 1 nitrogen and oxygen atoms in total. The molecule has 2 atom stereocenters. The van der Waals surface area contributed by atoms with Gasteiger partial charge in [0.2, 0.25) is 11.2 Å². The molecule has 0 fully saturated rings. The summed E-state index contributed by atoms with van der Waals surface area (Å²) in [7, 11) is -3.40. The number of hydrogen-bond acceptors (Lipinski definition) is 1. The zero-order chi connectivity index (χ0) is 42.9. The Kier molecular flexibility index (Phi) is 20.7. The Morgan fingerprint density at radius 2 is 0.966 bits per heavy atom. The molecule has 4 aromatic carbocycles. The van der Waals surface area contributed by atoms with Crippen LogP contribution in [0, 0.1) is 5.82 Å². The number of halogens is 4. The van der Waals surface area contributed by atoms with Crippen LogP contribution in [0.5, 0.6) is 0 Å². The topological polar surface area (TPSA) is 3.24 Å². The molecule has 4 rings (SSSR count). The summed E-state index contributed by atoms with van der Waals surface area (Å²) in [4.78, 5) is -0.510. The molecule has 0 heterocycles. The molecule has 0 amide bonds. The van der Waals surface area contributed by atoms with Crippen LogP contribution >= 0.6 is 27.2 Å². The van der Waals surface area contributed by atoms with Gasteiger partial charge >= 0.3 is 0 Å². The van der Waals surface area contributed by atoms with E-state index in [-0.39, 0.29) is 25.0 Å². The van der Waals surface area contributed by atoms with Crippen molar-refractivity contribution in [2.24, 2.45) is 0 Å². The van der Waals surface area contributed by atoms with Crippen molar-refractivity contribution in [2.45, 2.75) is 160 Å². The second-order valence-electron chi connectivity index (χ2n) is 16.8. The van der Waals surface area contributed by atoms with E-state index in [0.29, 0.717) is 10.9 Å². The molecule has 0 aliphatic rings. The summed E-state index contributed by atoms with van der Waals surface area (Å²) in [5, 5.41) is 3.64. The van der Waals surface area contributed by atoms with Crippen LogP contribution in [0.4, 0.5) is 21.7 Å². The van der Waals surface area contributed by atoms with Crippen LogP contribution in [0.15, 0.2) is 95.9 Å². The molecule has 0 radical (unpaired) electrons. The average Bonchev–Trinajstić information content (AvgIpc) is 3.25. The van der Waals surface area contributed by atoms with Crippen molar-refractivity contribution in [3.8, 4) is 11.1 Å². The van der Waals surface area contributed by atoms with Crippen LogP contribution in [0.1, 0.15) is 119 Å². The Morgan fingerprint density at radius 1 is 0.542 bits per heavy atom. The molecule has 0 bridgehead atoms. The molecule has 4 aromatic rings. The first kappa shape index (κ1) is 49.7. The van der Waals surface area contributed by atoms with E-state index in [1.165, 1.54) is 110 Å². The normalized spacial score (nSPS) is 13.3. The summed E-state index contributed by atoms with van der Waals surface area (Å²) >= 11 is -5.64. The number of unbranched alkanes of at least 4 members (excludes halogenated alkanes) is 6. The molecule has 10 heteroatoms. The summed E-state index contributed by atoms with van der Waals surface area (Å²) in [6, 6.07) is 36.6. The van der Waals surface area contributed by atoms with E-state index in [9.17, 15) is 0 Å². The van der Waals surface area contributed by atoms with Crippen LogP contribution in [-0.2, 0) is 0 Å². The lowest BCUT2D eigenvalue weighted by molar-refractivity contribution is 0.635. The second-order valence-corrected chi connectivity index (χ2v) is 31.7. The van der Waals surface area contributed by atoms with Gasteiger partial charge in [0.05, 0.1) is 28.8 Å². The lowest BCUT2D eigenvalue weighted by Gasteiger charge is -2.35. The average molecular weight is 902 g/mol. The predicted molar refractivity (Wildman–Crippen MR) is 266 cm³/mol. The van der Waals surface area contributed by atoms with Gasteiger partial charge in [0.1, 0.15) is 5.82 Å². The zero-order valence-electron chi connectivity index (χ0n) is 37.2. The number of hydrogen-bond donors (Lipinski definition) is 0. The van der Waals surface area contributed by atoms with Gasteiger partial charge in [0.25, 0.3) is 0 Å². The smallest absolute Gasteiger partial charge is 0.238 e. The fraction of sp³-hybridized carbons (Fsp3) is 0.510. The monoisotopic (exact) mass is 901 g/mol. The third-order valence-electron chi connectivity index (χ3n) is 12.6. The van der Waals surface area contributed by atoms with Gasteiger partial charge in [-0.1, -0.05) is 232 Å². The highest BCUT2D eigenvalue weighted by molar-refractivity contribution is 8.29. The number of rotatable bonds is 27. The van der Waals surface area contributed by atoms with Crippen LogP contribution in [0.2, 0.25) is 36.3 Å². The molecule has 0 N–H and O–H groups in total. The van der Waals surface area contributed by atoms with Gasteiger partial charge in [-0.05, 0) is 43.4 Å². The summed E-state index contributed by atoms with van der Waals surface area (Å²) in [6.07, 6.45) is 14.4. The fourth-order valence-electron chi connectivity index (χ4n) is 8.99. The van der Waals surface area contributed by atoms with Gasteiger partial charge in [-0.15, -0.1) is 11.7 Å². The lowest BCUT2D eigenvalue weighted by Crippen LogP contribution is -2.47. The SMILES string of the molecule is CCCC[Si](CCCC)(CCCC)c1ccc(-c2cccc(PP(c3ccccc3F)N(C)c3ccc([Si](CCCC)(CCCC)CCCC)cc3)c2S(F)(F)F)cc1. The molecule has 59 heavy (non-hydrogen) atoms. The van der Waals surface area contributed by atoms with Crippen molar-refractivity contribution >= 4 is 70.0 Å². The minimum absolute atomic E-state index is 0.245. The minimum Gasteiger partial charge on any atom is -0.346 e. The van der Waals surface area contributed by atoms with E-state index in [0.717, 1.165) is 24.9 Å². The van der Waals surface area contributed by atoms with E-state index >= 15 is 16.0 Å². The first-order valence-electron chi connectivity index (χ1n) is 22.8. The quantitative estimate of drug-likeness (QED) is 0.0327. The van der Waals surface area contributed by atoms with Crippen LogP contribution in [-0.4, -0.2) is 23.2 Å². The van der Waals surface area contributed by atoms with E-state index in [1.807, 2.05) is 25.2 Å². The van der Waals surface area contributed by atoms with Gasteiger partial charge in [-0.3, -0.25) is 0 Å². The van der Waals surface area contributed by atoms with Crippen molar-refractivity contribution < 1.29 is 16.0 Å². The van der Waals surface area contributed by atoms with Crippen LogP contribution < -0.4 is 25.7 Å². The lowest BCUT2D eigenvalue weighted by atomic mass is 10.1. The van der Waals surface area contributed by atoms with E-state index < -0.39 is 40.0 Å². The molecule has 0 saturated carbocycles. The van der Waals surface area contributed by atoms with E-state index in [1.54, 1.807) is 30.3 Å². The third-order valence-corrected chi connectivity index (χ3v) is 30.1. The largest absolute Gasteiger partial charge is 0.346 e. The molecule has 0 aliphatic carbocycles. The van der Waals surface area contributed by atoms with Gasteiger partial charge in [-0.2, -0.15) is 0 Å². The summed E-state index contributed by atoms with van der Waals surface area (Å²) in [5.41, 5.74) is 1.79. The summed E-state index contributed by atoms with van der Waals surface area (Å²) in [5.74, 6) is -0.366. The van der Waals surface area contributed by atoms with Gasteiger partial charge in [-0.25, -0.2) is 4.39 Å². The first-order chi connectivity index (χ1) is 28.4. The van der Waals surface area contributed by atoms with Crippen LogP contribution in [0.3, 0.4) is 0 Å². The van der Waals surface area contributed by atoms with Gasteiger partial charge in [0, 0.05) is 23.6 Å². The van der Waals surface area contributed by atoms with E-state index in [2.05, 4.69) is 82.6 Å². The molecular formula is C49H73F4NP2SSi2. The molecule has 326 valence electrons. The highest BCUT2D eigenvalue weighted by Gasteiger charge is 2.37. The molecule has 0 spiro atoms. The molecular weight excluding hydrogens is 829 g/mol. The highest BCUT2D eigenvalue weighted by atomic mass is 32.3. The van der Waals surface area contributed by atoms with Crippen molar-refractivity contribution in [1.29, 1.82) is 0 Å². The summed E-state index contributed by atoms with van der Waals surface area (Å²) < 4.78 is 64.6. The Labute approximate surface area is 363 Å². The second kappa shape index (κ2) is 24.6. The highest BCUT2D eigenvalue weighted by Crippen LogP contribution is 2.66. The molecule has 2 unspecified atom stereocenters. The Hall–Kier alpha value is -1.96. The molecule has 0 aliphatic heterocycles. The minimum atomic E-state index is -5.64. The van der Waals surface area contributed by atoms with Crippen molar-refractivity contribution in [2.75, 3.05) is 11.7 Å². The summed E-state index contributed by atoms with van der Waals surface area (Å²) in [6.45, 7) is 13.6.